The molecule has 0 aromatic carbocycles. The molecule has 3 heterocycles. The van der Waals surface area contributed by atoms with Crippen molar-refractivity contribution >= 4 is 5.91 Å². The zero-order valence-corrected chi connectivity index (χ0v) is 13.7. The van der Waals surface area contributed by atoms with Crippen LogP contribution in [-0.4, -0.2) is 32.8 Å². The molecule has 3 rings (SSSR count). The first-order chi connectivity index (χ1) is 11.1. The summed E-state index contributed by atoms with van der Waals surface area (Å²) in [6.45, 7) is 4.93. The second-order valence-electron chi connectivity index (χ2n) is 5.88. The van der Waals surface area contributed by atoms with Crippen LogP contribution in [0.25, 0.3) is 0 Å². The Hall–Kier alpha value is -2.44. The quantitative estimate of drug-likeness (QED) is 0.916. The van der Waals surface area contributed by atoms with Gasteiger partial charge in [-0.25, -0.2) is 14.6 Å². The molecule has 1 aliphatic rings. The number of hydrogen-bond acceptors (Lipinski definition) is 5. The summed E-state index contributed by atoms with van der Waals surface area (Å²) in [5, 5.41) is 7.16. The smallest absolute Gasteiger partial charge is 0.225 e. The monoisotopic (exact) mass is 315 g/mol. The molecular weight excluding hydrogens is 294 g/mol. The summed E-state index contributed by atoms with van der Waals surface area (Å²) >= 11 is 0. The van der Waals surface area contributed by atoms with Gasteiger partial charge in [-0.1, -0.05) is 0 Å². The van der Waals surface area contributed by atoms with Gasteiger partial charge in [0, 0.05) is 24.2 Å². The molecule has 7 nitrogen and oxygen atoms in total. The number of nitrogens with one attached hydrogen (secondary N) is 1. The number of rotatable bonds is 4. The van der Waals surface area contributed by atoms with Gasteiger partial charge in [-0.15, -0.1) is 0 Å². The molecule has 1 N–H and O–H groups in total. The third-order valence-electron chi connectivity index (χ3n) is 4.25. The summed E-state index contributed by atoms with van der Waals surface area (Å²) in [4.78, 5) is 21.0. The van der Waals surface area contributed by atoms with Crippen LogP contribution in [0.1, 0.15) is 29.1 Å². The van der Waals surface area contributed by atoms with Crippen LogP contribution in [0.2, 0.25) is 0 Å². The first-order valence-electron chi connectivity index (χ1n) is 7.74. The maximum absolute atomic E-state index is 12.4. The third kappa shape index (κ3) is 3.18. The van der Waals surface area contributed by atoms with Crippen LogP contribution in [0.5, 0.6) is 5.88 Å². The highest BCUT2D eigenvalue weighted by Crippen LogP contribution is 2.21. The summed E-state index contributed by atoms with van der Waals surface area (Å²) in [5.41, 5.74) is 2.89. The number of hydrogen-bond donors (Lipinski definition) is 1. The number of carbonyl (C=O) groups is 1. The van der Waals surface area contributed by atoms with Crippen molar-refractivity contribution < 1.29 is 9.53 Å². The number of carbonyl (C=O) groups excluding carboxylic acids is 1. The Morgan fingerprint density at radius 2 is 2.30 bits per heavy atom. The standard InChI is InChI=1S/C16H21N5O2/c1-10-6-11(2)20-16(23-3)13(10)7-17-15(22)12-4-5-14-18-9-19-21(14)8-12/h6,9,12H,4-5,7-8H2,1-3H3,(H,17,22). The molecule has 7 heteroatoms. The maximum atomic E-state index is 12.4. The topological polar surface area (TPSA) is 81.9 Å². The third-order valence-corrected chi connectivity index (χ3v) is 4.25. The molecule has 0 fully saturated rings. The molecule has 1 atom stereocenters. The number of aryl methyl sites for hydroxylation is 3. The van der Waals surface area contributed by atoms with Gasteiger partial charge in [0.05, 0.1) is 19.6 Å². The Morgan fingerprint density at radius 3 is 3.09 bits per heavy atom. The number of amides is 1. The van der Waals surface area contributed by atoms with Crippen LogP contribution in [0, 0.1) is 19.8 Å². The molecule has 1 unspecified atom stereocenters. The first kappa shape index (κ1) is 15.5. The minimum atomic E-state index is -0.0751. The normalized spacial score (nSPS) is 16.7. The average molecular weight is 315 g/mol. The molecule has 2 aromatic heterocycles. The van der Waals surface area contributed by atoms with E-state index in [1.165, 1.54) is 0 Å². The van der Waals surface area contributed by atoms with Crippen LogP contribution in [-0.2, 0) is 24.3 Å². The summed E-state index contributed by atoms with van der Waals surface area (Å²) < 4.78 is 7.15. The van der Waals surface area contributed by atoms with Crippen molar-refractivity contribution in [3.8, 4) is 5.88 Å². The summed E-state index contributed by atoms with van der Waals surface area (Å²) in [7, 11) is 1.60. The van der Waals surface area contributed by atoms with Crippen LogP contribution >= 0.6 is 0 Å². The fraction of sp³-hybridized carbons (Fsp3) is 0.500. The van der Waals surface area contributed by atoms with Crippen LogP contribution < -0.4 is 10.1 Å². The molecule has 0 saturated heterocycles. The van der Waals surface area contributed by atoms with Crippen molar-refractivity contribution in [2.24, 2.45) is 5.92 Å². The van der Waals surface area contributed by atoms with Gasteiger partial charge in [0.25, 0.3) is 0 Å². The Kier molecular flexibility index (Phi) is 4.27. The lowest BCUT2D eigenvalue weighted by atomic mass is 9.98. The van der Waals surface area contributed by atoms with Gasteiger partial charge in [0.15, 0.2) is 0 Å². The van der Waals surface area contributed by atoms with Gasteiger partial charge in [-0.2, -0.15) is 5.10 Å². The molecule has 1 aliphatic heterocycles. The van der Waals surface area contributed by atoms with Crippen molar-refractivity contribution in [2.75, 3.05) is 7.11 Å². The number of methoxy groups -OCH3 is 1. The van der Waals surface area contributed by atoms with Gasteiger partial charge in [-0.05, 0) is 31.9 Å². The Balaban J connectivity index is 1.66. The van der Waals surface area contributed by atoms with E-state index >= 15 is 0 Å². The van der Waals surface area contributed by atoms with E-state index in [4.69, 9.17) is 4.74 Å². The van der Waals surface area contributed by atoms with Crippen LogP contribution in [0.3, 0.4) is 0 Å². The highest BCUT2D eigenvalue weighted by molar-refractivity contribution is 5.78. The van der Waals surface area contributed by atoms with Gasteiger partial charge in [-0.3, -0.25) is 4.79 Å². The molecule has 0 spiro atoms. The van der Waals surface area contributed by atoms with E-state index in [1.54, 1.807) is 13.4 Å². The lowest BCUT2D eigenvalue weighted by molar-refractivity contribution is -0.126. The number of aromatic nitrogens is 4. The summed E-state index contributed by atoms with van der Waals surface area (Å²) in [6, 6.07) is 1.99. The average Bonchev–Trinajstić information content (AvgIpc) is 3.00. The number of pyridine rings is 1. The highest BCUT2D eigenvalue weighted by Gasteiger charge is 2.26. The molecule has 0 saturated carbocycles. The Morgan fingerprint density at radius 1 is 1.48 bits per heavy atom. The van der Waals surface area contributed by atoms with E-state index in [2.05, 4.69) is 20.4 Å². The second kappa shape index (κ2) is 6.36. The number of nitrogens with zero attached hydrogens (tertiary/aromatic N) is 4. The summed E-state index contributed by atoms with van der Waals surface area (Å²) in [6.07, 6.45) is 3.13. The van der Waals surface area contributed by atoms with Gasteiger partial charge in [0.2, 0.25) is 11.8 Å². The van der Waals surface area contributed by atoms with E-state index in [9.17, 15) is 4.79 Å². The molecule has 122 valence electrons. The zero-order valence-electron chi connectivity index (χ0n) is 13.7. The Bertz CT molecular complexity index is 725. The van der Waals surface area contributed by atoms with E-state index in [0.717, 1.165) is 35.5 Å². The molecule has 23 heavy (non-hydrogen) atoms. The van der Waals surface area contributed by atoms with Crippen molar-refractivity contribution in [1.29, 1.82) is 0 Å². The number of ether oxygens (including phenoxy) is 1. The van der Waals surface area contributed by atoms with E-state index in [0.29, 0.717) is 19.0 Å². The Labute approximate surface area is 135 Å². The van der Waals surface area contributed by atoms with Crippen LogP contribution in [0.15, 0.2) is 12.4 Å². The van der Waals surface area contributed by atoms with E-state index < -0.39 is 0 Å². The van der Waals surface area contributed by atoms with Crippen molar-refractivity contribution in [1.82, 2.24) is 25.1 Å². The van der Waals surface area contributed by atoms with Gasteiger partial charge in [0.1, 0.15) is 12.2 Å². The van der Waals surface area contributed by atoms with E-state index in [1.807, 2.05) is 24.6 Å². The minimum Gasteiger partial charge on any atom is -0.481 e. The zero-order chi connectivity index (χ0) is 16.4. The van der Waals surface area contributed by atoms with Gasteiger partial charge < -0.3 is 10.1 Å². The van der Waals surface area contributed by atoms with Crippen molar-refractivity contribution in [3.63, 3.8) is 0 Å². The molecule has 0 aliphatic carbocycles. The minimum absolute atomic E-state index is 0.0354. The largest absolute Gasteiger partial charge is 0.481 e. The number of fused-ring (bicyclic) bond motifs is 1. The van der Waals surface area contributed by atoms with Crippen LogP contribution in [0.4, 0.5) is 0 Å². The molecule has 0 radical (unpaired) electrons. The van der Waals surface area contributed by atoms with Crippen molar-refractivity contribution in [2.45, 2.75) is 39.8 Å². The molecule has 1 amide bonds. The molecule has 0 bridgehead atoms. The predicted octanol–water partition coefficient (Wildman–Crippen LogP) is 1.18. The SMILES string of the molecule is COc1nc(C)cc(C)c1CNC(=O)C1CCc2ncnn2C1. The highest BCUT2D eigenvalue weighted by atomic mass is 16.5. The van der Waals surface area contributed by atoms with E-state index in [-0.39, 0.29) is 11.8 Å². The maximum Gasteiger partial charge on any atom is 0.225 e. The fourth-order valence-electron chi connectivity index (χ4n) is 2.98. The lowest BCUT2D eigenvalue weighted by Gasteiger charge is -2.22. The van der Waals surface area contributed by atoms with Crippen molar-refractivity contribution in [3.05, 3.63) is 35.0 Å². The molecular formula is C16H21N5O2. The first-order valence-corrected chi connectivity index (χ1v) is 7.74. The molecule has 2 aromatic rings. The predicted molar refractivity (Wildman–Crippen MR) is 83.9 cm³/mol. The second-order valence-corrected chi connectivity index (χ2v) is 5.88. The fourth-order valence-corrected chi connectivity index (χ4v) is 2.98. The lowest BCUT2D eigenvalue weighted by Crippen LogP contribution is -2.36. The summed E-state index contributed by atoms with van der Waals surface area (Å²) in [5.74, 6) is 1.49. The van der Waals surface area contributed by atoms with Gasteiger partial charge >= 0.3 is 0 Å².